The fourth-order valence-electron chi connectivity index (χ4n) is 2.55. The van der Waals surface area contributed by atoms with Crippen LogP contribution in [-0.2, 0) is 0 Å². The number of carbonyl (C=O) groups excluding carboxylic acids is 1. The lowest BCUT2D eigenvalue weighted by molar-refractivity contribution is 0.244. The van der Waals surface area contributed by atoms with Crippen molar-refractivity contribution in [1.29, 1.82) is 0 Å². The molecule has 0 radical (unpaired) electrons. The van der Waals surface area contributed by atoms with Crippen LogP contribution in [0.15, 0.2) is 29.9 Å². The molecule has 2 heterocycles. The van der Waals surface area contributed by atoms with E-state index in [9.17, 15) is 4.79 Å². The fraction of sp³-hybridized carbons (Fsp3) is 0.400. The molecule has 0 aromatic carbocycles. The van der Waals surface area contributed by atoms with Crippen molar-refractivity contribution >= 4 is 22.5 Å². The highest BCUT2D eigenvalue weighted by Gasteiger charge is 2.16. The van der Waals surface area contributed by atoms with Crippen LogP contribution < -0.4 is 10.6 Å². The van der Waals surface area contributed by atoms with Crippen molar-refractivity contribution in [2.24, 2.45) is 0 Å². The number of anilines is 1. The number of amides is 2. The summed E-state index contributed by atoms with van der Waals surface area (Å²) in [6, 6.07) is 3.96. The van der Waals surface area contributed by atoms with Gasteiger partial charge in [-0.1, -0.05) is 19.3 Å². The molecule has 2 amide bonds. The number of rotatable bonds is 3. The Morgan fingerprint density at radius 3 is 2.71 bits per heavy atom. The molecule has 0 spiro atoms. The van der Waals surface area contributed by atoms with Crippen LogP contribution in [0.25, 0.3) is 11.3 Å². The SMILES string of the molecule is O=C(Nc1nc(-c2ccncc2)cs1)NC1CCCCC1. The van der Waals surface area contributed by atoms with Gasteiger partial charge in [0.05, 0.1) is 5.69 Å². The molecule has 1 aliphatic carbocycles. The molecule has 5 nitrogen and oxygen atoms in total. The van der Waals surface area contributed by atoms with Gasteiger partial charge in [0.15, 0.2) is 5.13 Å². The number of pyridine rings is 1. The van der Waals surface area contributed by atoms with Gasteiger partial charge in [-0.05, 0) is 25.0 Å². The largest absolute Gasteiger partial charge is 0.335 e. The zero-order valence-corrected chi connectivity index (χ0v) is 12.5. The molecule has 2 N–H and O–H groups in total. The molecule has 2 aromatic rings. The minimum absolute atomic E-state index is 0.155. The van der Waals surface area contributed by atoms with E-state index in [0.29, 0.717) is 11.2 Å². The predicted octanol–water partition coefficient (Wildman–Crippen LogP) is 3.66. The molecule has 2 aromatic heterocycles. The summed E-state index contributed by atoms with van der Waals surface area (Å²) in [4.78, 5) is 20.4. The van der Waals surface area contributed by atoms with Crippen LogP contribution in [0.2, 0.25) is 0 Å². The second kappa shape index (κ2) is 6.67. The number of hydrogen-bond acceptors (Lipinski definition) is 4. The number of urea groups is 1. The van der Waals surface area contributed by atoms with Crippen LogP contribution in [-0.4, -0.2) is 22.0 Å². The zero-order chi connectivity index (χ0) is 14.5. The molecule has 6 heteroatoms. The summed E-state index contributed by atoms with van der Waals surface area (Å²) in [7, 11) is 0. The average molecular weight is 302 g/mol. The third-order valence-electron chi connectivity index (χ3n) is 3.64. The molecule has 0 saturated heterocycles. The van der Waals surface area contributed by atoms with Crippen molar-refractivity contribution in [2.75, 3.05) is 5.32 Å². The Morgan fingerprint density at radius 2 is 1.95 bits per heavy atom. The van der Waals surface area contributed by atoms with E-state index in [1.807, 2.05) is 17.5 Å². The quantitative estimate of drug-likeness (QED) is 0.909. The average Bonchev–Trinajstić information content (AvgIpc) is 2.97. The molecule has 0 aliphatic heterocycles. The summed E-state index contributed by atoms with van der Waals surface area (Å²) < 4.78 is 0. The van der Waals surface area contributed by atoms with Gasteiger partial charge in [0.2, 0.25) is 0 Å². The van der Waals surface area contributed by atoms with Gasteiger partial charge in [0, 0.05) is 29.4 Å². The van der Waals surface area contributed by atoms with Crippen molar-refractivity contribution in [1.82, 2.24) is 15.3 Å². The molecule has 3 rings (SSSR count). The Morgan fingerprint density at radius 1 is 1.19 bits per heavy atom. The minimum atomic E-state index is -0.155. The Labute approximate surface area is 127 Å². The monoisotopic (exact) mass is 302 g/mol. The second-order valence-electron chi connectivity index (χ2n) is 5.21. The van der Waals surface area contributed by atoms with E-state index in [1.165, 1.54) is 30.6 Å². The number of nitrogens with one attached hydrogen (secondary N) is 2. The van der Waals surface area contributed by atoms with E-state index in [2.05, 4.69) is 20.6 Å². The van der Waals surface area contributed by atoms with Crippen LogP contribution in [0.3, 0.4) is 0 Å². The summed E-state index contributed by atoms with van der Waals surface area (Å²) in [6.45, 7) is 0. The van der Waals surface area contributed by atoms with Crippen molar-refractivity contribution in [3.8, 4) is 11.3 Å². The Hall–Kier alpha value is -1.95. The molecular formula is C15H18N4OS. The Kier molecular flexibility index (Phi) is 4.45. The molecule has 1 aliphatic rings. The van der Waals surface area contributed by atoms with Crippen LogP contribution >= 0.6 is 11.3 Å². The van der Waals surface area contributed by atoms with Crippen molar-refractivity contribution in [3.05, 3.63) is 29.9 Å². The predicted molar refractivity (Wildman–Crippen MR) is 84.4 cm³/mol. The summed E-state index contributed by atoms with van der Waals surface area (Å²) in [5.41, 5.74) is 1.86. The maximum Gasteiger partial charge on any atom is 0.321 e. The number of hydrogen-bond donors (Lipinski definition) is 2. The lowest BCUT2D eigenvalue weighted by Crippen LogP contribution is -2.38. The van der Waals surface area contributed by atoms with E-state index in [0.717, 1.165) is 24.1 Å². The summed E-state index contributed by atoms with van der Waals surface area (Å²) in [5.74, 6) is 0. The van der Waals surface area contributed by atoms with E-state index >= 15 is 0 Å². The normalized spacial score (nSPS) is 15.6. The minimum Gasteiger partial charge on any atom is -0.335 e. The molecule has 0 bridgehead atoms. The summed E-state index contributed by atoms with van der Waals surface area (Å²) >= 11 is 1.43. The maximum absolute atomic E-state index is 12.0. The molecule has 1 saturated carbocycles. The van der Waals surface area contributed by atoms with Gasteiger partial charge in [-0.25, -0.2) is 9.78 Å². The summed E-state index contributed by atoms with van der Waals surface area (Å²) in [5, 5.41) is 8.40. The van der Waals surface area contributed by atoms with Gasteiger partial charge in [0.1, 0.15) is 0 Å². The fourth-order valence-corrected chi connectivity index (χ4v) is 3.27. The van der Waals surface area contributed by atoms with Crippen LogP contribution in [0.1, 0.15) is 32.1 Å². The molecule has 21 heavy (non-hydrogen) atoms. The summed E-state index contributed by atoms with van der Waals surface area (Å²) in [6.07, 6.45) is 9.31. The molecular weight excluding hydrogens is 284 g/mol. The van der Waals surface area contributed by atoms with Crippen LogP contribution in [0.4, 0.5) is 9.93 Å². The molecule has 1 fully saturated rings. The van der Waals surface area contributed by atoms with Crippen molar-refractivity contribution < 1.29 is 4.79 Å². The number of thiazole rings is 1. The van der Waals surface area contributed by atoms with E-state index in [1.54, 1.807) is 12.4 Å². The highest BCUT2D eigenvalue weighted by atomic mass is 32.1. The molecule has 0 atom stereocenters. The number of carbonyl (C=O) groups is 1. The Balaban J connectivity index is 1.58. The van der Waals surface area contributed by atoms with Crippen LogP contribution in [0, 0.1) is 0 Å². The molecule has 0 unspecified atom stereocenters. The van der Waals surface area contributed by atoms with Crippen molar-refractivity contribution in [2.45, 2.75) is 38.1 Å². The Bertz CT molecular complexity index is 593. The first-order chi connectivity index (χ1) is 10.3. The van der Waals surface area contributed by atoms with Crippen LogP contribution in [0.5, 0.6) is 0 Å². The lowest BCUT2D eigenvalue weighted by atomic mass is 9.96. The van der Waals surface area contributed by atoms with E-state index < -0.39 is 0 Å². The van der Waals surface area contributed by atoms with Crippen molar-refractivity contribution in [3.63, 3.8) is 0 Å². The lowest BCUT2D eigenvalue weighted by Gasteiger charge is -2.22. The van der Waals surface area contributed by atoms with Gasteiger partial charge in [-0.15, -0.1) is 11.3 Å². The first-order valence-electron chi connectivity index (χ1n) is 7.25. The zero-order valence-electron chi connectivity index (χ0n) is 11.7. The second-order valence-corrected chi connectivity index (χ2v) is 6.07. The van der Waals surface area contributed by atoms with E-state index in [4.69, 9.17) is 0 Å². The highest BCUT2D eigenvalue weighted by Crippen LogP contribution is 2.24. The number of aromatic nitrogens is 2. The highest BCUT2D eigenvalue weighted by molar-refractivity contribution is 7.14. The number of nitrogens with zero attached hydrogens (tertiary/aromatic N) is 2. The topological polar surface area (TPSA) is 66.9 Å². The smallest absolute Gasteiger partial charge is 0.321 e. The van der Waals surface area contributed by atoms with Gasteiger partial charge in [-0.2, -0.15) is 0 Å². The van der Waals surface area contributed by atoms with Gasteiger partial charge in [-0.3, -0.25) is 10.3 Å². The third-order valence-corrected chi connectivity index (χ3v) is 4.40. The van der Waals surface area contributed by atoms with Gasteiger partial charge in [0.25, 0.3) is 0 Å². The maximum atomic E-state index is 12.0. The molecule has 110 valence electrons. The third kappa shape index (κ3) is 3.78. The van der Waals surface area contributed by atoms with Gasteiger partial charge >= 0.3 is 6.03 Å². The first-order valence-corrected chi connectivity index (χ1v) is 8.13. The van der Waals surface area contributed by atoms with E-state index in [-0.39, 0.29) is 6.03 Å². The van der Waals surface area contributed by atoms with Gasteiger partial charge < -0.3 is 5.32 Å². The standard InChI is InChI=1S/C15H18N4OS/c20-14(17-12-4-2-1-3-5-12)19-15-18-13(10-21-15)11-6-8-16-9-7-11/h6-10,12H,1-5H2,(H2,17,18,19,20). The first kappa shape index (κ1) is 14.0.